The number of nitrogens with zero attached hydrogens (tertiary/aromatic N) is 1. The summed E-state index contributed by atoms with van der Waals surface area (Å²) in [5.74, 6) is 0.821. The number of amides is 2. The molecule has 0 bridgehead atoms. The molecule has 0 saturated carbocycles. The highest BCUT2D eigenvalue weighted by atomic mass is 16.5. The molecule has 132 valence electrons. The molecule has 2 amide bonds. The van der Waals surface area contributed by atoms with Crippen LogP contribution in [0.25, 0.3) is 0 Å². The average Bonchev–Trinajstić information content (AvgIpc) is 2.65. The van der Waals surface area contributed by atoms with Crippen molar-refractivity contribution in [2.75, 3.05) is 11.9 Å². The zero-order valence-corrected chi connectivity index (χ0v) is 14.8. The number of urea groups is 1. The van der Waals surface area contributed by atoms with Crippen molar-refractivity contribution in [3.05, 3.63) is 60.2 Å². The highest BCUT2D eigenvalue weighted by Crippen LogP contribution is 2.16. The Hall–Kier alpha value is -2.62. The molecule has 0 saturated heterocycles. The molecule has 0 atom stereocenters. The summed E-state index contributed by atoms with van der Waals surface area (Å²) in [5, 5.41) is 2.74. The van der Waals surface area contributed by atoms with Crippen molar-refractivity contribution in [1.82, 2.24) is 0 Å². The number of carbonyl (C=O) groups excluding carboxylic acids is 1. The smallest absolute Gasteiger partial charge is 0.345 e. The molecule has 0 aliphatic carbocycles. The van der Waals surface area contributed by atoms with Gasteiger partial charge in [0.05, 0.1) is 6.61 Å². The summed E-state index contributed by atoms with van der Waals surface area (Å²) < 4.78 is 5.71. The van der Waals surface area contributed by atoms with Crippen LogP contribution in [0.1, 0.15) is 44.6 Å². The molecule has 2 rings (SSSR count). The number of nitrogens with one attached hydrogen (secondary N) is 1. The van der Waals surface area contributed by atoms with Gasteiger partial charge in [0.15, 0.2) is 0 Å². The lowest BCUT2D eigenvalue weighted by atomic mass is 10.2. The summed E-state index contributed by atoms with van der Waals surface area (Å²) in [6.07, 6.45) is 7.65. The van der Waals surface area contributed by atoms with Crippen molar-refractivity contribution < 1.29 is 9.53 Å². The Morgan fingerprint density at radius 3 is 2.44 bits per heavy atom. The molecular weight excluding hydrogens is 312 g/mol. The maximum Gasteiger partial charge on any atom is 0.345 e. The third-order valence-electron chi connectivity index (χ3n) is 3.75. The first-order valence-corrected chi connectivity index (χ1v) is 8.91. The van der Waals surface area contributed by atoms with Gasteiger partial charge < -0.3 is 10.1 Å². The third-order valence-corrected chi connectivity index (χ3v) is 3.75. The summed E-state index contributed by atoms with van der Waals surface area (Å²) >= 11 is 0. The maximum atomic E-state index is 11.8. The number of ether oxygens (including phenoxy) is 1. The Morgan fingerprint density at radius 1 is 1.00 bits per heavy atom. The monoisotopic (exact) mass is 338 g/mol. The summed E-state index contributed by atoms with van der Waals surface area (Å²) in [6.45, 7) is 2.95. The number of anilines is 1. The standard InChI is InChI=1S/C21H26N2O2/c1-2-3-4-5-9-16-25-20-14-12-19(13-15-20)23-21(24)22-17-18-10-7-6-8-11-18/h6-8,10-15,17H,2-5,9,16H2,1H3,(H,23,24)/b22-17+. The van der Waals surface area contributed by atoms with Gasteiger partial charge in [-0.15, -0.1) is 0 Å². The van der Waals surface area contributed by atoms with Crippen LogP contribution in [0.4, 0.5) is 10.5 Å². The van der Waals surface area contributed by atoms with E-state index in [1.807, 2.05) is 54.6 Å². The molecule has 0 heterocycles. The van der Waals surface area contributed by atoms with Crippen LogP contribution in [-0.2, 0) is 0 Å². The fourth-order valence-corrected chi connectivity index (χ4v) is 2.36. The highest BCUT2D eigenvalue weighted by Gasteiger charge is 2.00. The number of hydrogen-bond donors (Lipinski definition) is 1. The molecule has 0 radical (unpaired) electrons. The fourth-order valence-electron chi connectivity index (χ4n) is 2.36. The van der Waals surface area contributed by atoms with Crippen LogP contribution < -0.4 is 10.1 Å². The molecule has 0 aliphatic heterocycles. The third kappa shape index (κ3) is 7.66. The first kappa shape index (κ1) is 18.7. The Morgan fingerprint density at radius 2 is 1.72 bits per heavy atom. The topological polar surface area (TPSA) is 50.7 Å². The number of benzene rings is 2. The van der Waals surface area contributed by atoms with Crippen molar-refractivity contribution in [2.45, 2.75) is 39.0 Å². The van der Waals surface area contributed by atoms with E-state index in [0.29, 0.717) is 5.69 Å². The van der Waals surface area contributed by atoms with Gasteiger partial charge in [0.2, 0.25) is 0 Å². The van der Waals surface area contributed by atoms with Gasteiger partial charge in [-0.05, 0) is 36.2 Å². The molecule has 0 aliphatic rings. The van der Waals surface area contributed by atoms with Crippen LogP contribution in [0.2, 0.25) is 0 Å². The van der Waals surface area contributed by atoms with Gasteiger partial charge in [-0.25, -0.2) is 9.79 Å². The molecular formula is C21H26N2O2. The first-order chi connectivity index (χ1) is 12.3. The molecule has 0 fully saturated rings. The number of carbonyl (C=O) groups is 1. The minimum atomic E-state index is -0.395. The van der Waals surface area contributed by atoms with Crippen LogP contribution >= 0.6 is 0 Å². The van der Waals surface area contributed by atoms with Gasteiger partial charge in [-0.1, -0.05) is 62.9 Å². The van der Waals surface area contributed by atoms with Crippen LogP contribution in [0.3, 0.4) is 0 Å². The largest absolute Gasteiger partial charge is 0.494 e. The van der Waals surface area contributed by atoms with Crippen LogP contribution in [-0.4, -0.2) is 18.9 Å². The van der Waals surface area contributed by atoms with Gasteiger partial charge in [0.25, 0.3) is 0 Å². The molecule has 4 heteroatoms. The highest BCUT2D eigenvalue weighted by molar-refractivity contribution is 5.97. The van der Waals surface area contributed by atoms with E-state index >= 15 is 0 Å². The SMILES string of the molecule is CCCCCCCOc1ccc(NC(=O)/N=C/c2ccccc2)cc1. The van der Waals surface area contributed by atoms with Crippen molar-refractivity contribution in [3.8, 4) is 5.75 Å². The second-order valence-electron chi connectivity index (χ2n) is 5.89. The second kappa shape index (κ2) is 11.0. The lowest BCUT2D eigenvalue weighted by Crippen LogP contribution is -2.06. The second-order valence-corrected chi connectivity index (χ2v) is 5.89. The van der Waals surface area contributed by atoms with Gasteiger partial charge in [-0.2, -0.15) is 0 Å². The minimum Gasteiger partial charge on any atom is -0.494 e. The lowest BCUT2D eigenvalue weighted by molar-refractivity contribution is 0.259. The van der Waals surface area contributed by atoms with Crippen molar-refractivity contribution in [1.29, 1.82) is 0 Å². The molecule has 2 aromatic carbocycles. The summed E-state index contributed by atoms with van der Waals surface area (Å²) in [5.41, 5.74) is 1.59. The quantitative estimate of drug-likeness (QED) is 0.472. The zero-order chi connectivity index (χ0) is 17.7. The van der Waals surface area contributed by atoms with E-state index in [-0.39, 0.29) is 0 Å². The van der Waals surface area contributed by atoms with E-state index in [1.165, 1.54) is 25.7 Å². The predicted octanol–water partition coefficient (Wildman–Crippen LogP) is 5.69. The van der Waals surface area contributed by atoms with Gasteiger partial charge in [0.1, 0.15) is 5.75 Å². The van der Waals surface area contributed by atoms with E-state index in [2.05, 4.69) is 17.2 Å². The lowest BCUT2D eigenvalue weighted by Gasteiger charge is -2.07. The van der Waals surface area contributed by atoms with E-state index in [4.69, 9.17) is 4.74 Å². The molecule has 0 unspecified atom stereocenters. The Balaban J connectivity index is 1.72. The molecule has 2 aromatic rings. The number of aliphatic imine (C=N–C) groups is 1. The van der Waals surface area contributed by atoms with Crippen molar-refractivity contribution in [3.63, 3.8) is 0 Å². The van der Waals surface area contributed by atoms with Crippen LogP contribution in [0.15, 0.2) is 59.6 Å². The number of rotatable bonds is 9. The summed E-state index contributed by atoms with van der Waals surface area (Å²) in [4.78, 5) is 15.7. The van der Waals surface area contributed by atoms with Crippen molar-refractivity contribution in [2.24, 2.45) is 4.99 Å². The number of hydrogen-bond acceptors (Lipinski definition) is 2. The van der Waals surface area contributed by atoms with E-state index < -0.39 is 6.03 Å². The van der Waals surface area contributed by atoms with Gasteiger partial charge >= 0.3 is 6.03 Å². The van der Waals surface area contributed by atoms with E-state index in [0.717, 1.165) is 24.3 Å². The van der Waals surface area contributed by atoms with Gasteiger partial charge in [-0.3, -0.25) is 0 Å². The normalized spacial score (nSPS) is 10.8. The van der Waals surface area contributed by atoms with E-state index in [9.17, 15) is 4.79 Å². The Bertz CT molecular complexity index is 651. The first-order valence-electron chi connectivity index (χ1n) is 8.91. The van der Waals surface area contributed by atoms with Gasteiger partial charge in [0, 0.05) is 11.9 Å². The van der Waals surface area contributed by atoms with Crippen molar-refractivity contribution >= 4 is 17.9 Å². The van der Waals surface area contributed by atoms with Crippen LogP contribution in [0.5, 0.6) is 5.75 Å². The summed E-state index contributed by atoms with van der Waals surface area (Å²) in [6, 6.07) is 16.5. The minimum absolute atomic E-state index is 0.395. The van der Waals surface area contributed by atoms with E-state index in [1.54, 1.807) is 6.21 Å². The predicted molar refractivity (Wildman–Crippen MR) is 104 cm³/mol. The Labute approximate surface area is 149 Å². The summed E-state index contributed by atoms with van der Waals surface area (Å²) in [7, 11) is 0. The molecule has 0 aromatic heterocycles. The number of unbranched alkanes of at least 4 members (excludes halogenated alkanes) is 4. The fraction of sp³-hybridized carbons (Fsp3) is 0.333. The molecule has 4 nitrogen and oxygen atoms in total. The molecule has 1 N–H and O–H groups in total. The molecule has 0 spiro atoms. The Kier molecular flexibility index (Phi) is 8.25. The average molecular weight is 338 g/mol. The van der Waals surface area contributed by atoms with Crippen LogP contribution in [0, 0.1) is 0 Å². The maximum absolute atomic E-state index is 11.8. The zero-order valence-electron chi connectivity index (χ0n) is 14.8. The molecule has 25 heavy (non-hydrogen) atoms.